The smallest absolute Gasteiger partial charge is 0.425 e. The van der Waals surface area contributed by atoms with Crippen molar-refractivity contribution in [3.05, 3.63) is 28.8 Å². The van der Waals surface area contributed by atoms with Gasteiger partial charge in [-0.15, -0.1) is 0 Å². The van der Waals surface area contributed by atoms with Crippen LogP contribution in [-0.4, -0.2) is 97.6 Å². The molecule has 0 N–H and O–H groups in total. The Morgan fingerprint density at radius 3 is 2.42 bits per heavy atom. The number of nitrogens with zero attached hydrogens (tertiary/aromatic N) is 4. The number of benzene rings is 1. The molecule has 3 fully saturated rings. The molecule has 0 aromatic heterocycles. The van der Waals surface area contributed by atoms with Gasteiger partial charge < -0.3 is 14.5 Å². The quantitative estimate of drug-likeness (QED) is 0.483. The summed E-state index contributed by atoms with van der Waals surface area (Å²) in [7, 11) is 0. The number of alkyl halides is 4. The lowest BCUT2D eigenvalue weighted by Crippen LogP contribution is -2.53. The van der Waals surface area contributed by atoms with Gasteiger partial charge in [0.15, 0.2) is 6.10 Å². The summed E-state index contributed by atoms with van der Waals surface area (Å²) in [6.45, 7) is 6.65. The average Bonchev–Trinajstić information content (AvgIpc) is 3.22. The van der Waals surface area contributed by atoms with Crippen LogP contribution in [0.2, 0.25) is 5.02 Å². The van der Waals surface area contributed by atoms with Gasteiger partial charge >= 0.3 is 12.3 Å². The number of anilines is 1. The number of hydrogen-bond donors (Lipinski definition) is 0. The molecule has 1 aromatic rings. The first kappa shape index (κ1) is 27.3. The van der Waals surface area contributed by atoms with Crippen LogP contribution in [0, 0.1) is 0 Å². The molecule has 1 atom stereocenters. The Bertz CT molecular complexity index is 903. The van der Waals surface area contributed by atoms with Crippen molar-refractivity contribution in [2.75, 3.05) is 63.9 Å². The maximum Gasteiger partial charge on any atom is 0.425 e. The highest BCUT2D eigenvalue weighted by molar-refractivity contribution is 6.30. The second kappa shape index (κ2) is 11.3. The Balaban J connectivity index is 1.40. The van der Waals surface area contributed by atoms with Gasteiger partial charge in [-0.05, 0) is 56.8 Å². The van der Waals surface area contributed by atoms with E-state index in [2.05, 4.69) is 25.5 Å². The first-order chi connectivity index (χ1) is 17.1. The van der Waals surface area contributed by atoms with E-state index in [-0.39, 0.29) is 12.2 Å². The third kappa shape index (κ3) is 6.19. The van der Waals surface area contributed by atoms with Crippen LogP contribution in [0.3, 0.4) is 0 Å². The van der Waals surface area contributed by atoms with Crippen molar-refractivity contribution >= 4 is 23.4 Å². The molecule has 4 rings (SSSR count). The fourth-order valence-corrected chi connectivity index (χ4v) is 5.87. The summed E-state index contributed by atoms with van der Waals surface area (Å²) in [4.78, 5) is 20.6. The van der Waals surface area contributed by atoms with Crippen molar-refractivity contribution < 1.29 is 27.1 Å². The normalized spacial score (nSPS) is 22.3. The second-order valence-electron chi connectivity index (χ2n) is 10.1. The Hall–Kier alpha value is -1.78. The predicted octanol–water partition coefficient (Wildman–Crippen LogP) is 4.95. The second-order valence-corrected chi connectivity index (χ2v) is 10.5. The minimum Gasteiger partial charge on any atom is -0.437 e. The first-order valence-electron chi connectivity index (χ1n) is 12.7. The number of halogens is 5. The number of piperidine rings is 1. The molecule has 3 heterocycles. The topological polar surface area (TPSA) is 39.3 Å². The largest absolute Gasteiger partial charge is 0.437 e. The lowest BCUT2D eigenvalue weighted by atomic mass is 9.84. The third-order valence-corrected chi connectivity index (χ3v) is 8.19. The molecule has 0 radical (unpaired) electrons. The number of amides is 1. The summed E-state index contributed by atoms with van der Waals surface area (Å²) >= 11 is 6.36. The van der Waals surface area contributed by atoms with E-state index in [1.807, 2.05) is 12.1 Å². The van der Waals surface area contributed by atoms with Gasteiger partial charge in [0.2, 0.25) is 0 Å². The van der Waals surface area contributed by atoms with E-state index < -0.39 is 18.4 Å². The molecule has 36 heavy (non-hydrogen) atoms. The van der Waals surface area contributed by atoms with Gasteiger partial charge in [-0.25, -0.2) is 9.18 Å². The molecule has 1 amide bonds. The number of carbonyl (C=O) groups excluding carboxylic acids is 1. The van der Waals surface area contributed by atoms with Crippen molar-refractivity contribution in [2.45, 2.75) is 57.0 Å². The average molecular weight is 535 g/mol. The van der Waals surface area contributed by atoms with Crippen molar-refractivity contribution in [1.82, 2.24) is 14.7 Å². The molecule has 3 aliphatic rings. The zero-order chi connectivity index (χ0) is 25.9. The van der Waals surface area contributed by atoms with Crippen molar-refractivity contribution in [3.8, 4) is 0 Å². The highest BCUT2D eigenvalue weighted by Gasteiger charge is 2.45. The van der Waals surface area contributed by atoms with Gasteiger partial charge in [-0.1, -0.05) is 17.7 Å². The van der Waals surface area contributed by atoms with Gasteiger partial charge in [-0.2, -0.15) is 13.2 Å². The van der Waals surface area contributed by atoms with Gasteiger partial charge in [-0.3, -0.25) is 9.80 Å². The summed E-state index contributed by atoms with van der Waals surface area (Å²) in [5.74, 6) is 0. The summed E-state index contributed by atoms with van der Waals surface area (Å²) in [6.07, 6.45) is -4.14. The Labute approximate surface area is 215 Å². The van der Waals surface area contributed by atoms with Gasteiger partial charge in [0, 0.05) is 68.6 Å². The monoisotopic (exact) mass is 534 g/mol. The van der Waals surface area contributed by atoms with E-state index >= 15 is 0 Å². The molecule has 202 valence electrons. The van der Waals surface area contributed by atoms with Gasteiger partial charge in [0.05, 0.1) is 0 Å². The van der Waals surface area contributed by atoms with E-state index in [0.717, 1.165) is 64.7 Å². The third-order valence-electron chi connectivity index (χ3n) is 7.95. The van der Waals surface area contributed by atoms with E-state index in [1.165, 1.54) is 10.5 Å². The number of rotatable bonds is 6. The van der Waals surface area contributed by atoms with Crippen molar-refractivity contribution in [2.24, 2.45) is 0 Å². The minimum atomic E-state index is -4.56. The van der Waals surface area contributed by atoms with Gasteiger partial charge in [0.25, 0.3) is 0 Å². The maximum atomic E-state index is 12.8. The number of hydrogen-bond acceptors (Lipinski definition) is 5. The maximum absolute atomic E-state index is 12.8. The van der Waals surface area contributed by atoms with Crippen LogP contribution in [0.5, 0.6) is 0 Å². The molecule has 3 saturated heterocycles. The van der Waals surface area contributed by atoms with E-state index in [0.29, 0.717) is 37.5 Å². The molecular weight excluding hydrogens is 500 g/mol. The predicted molar refractivity (Wildman–Crippen MR) is 131 cm³/mol. The lowest BCUT2D eigenvalue weighted by molar-refractivity contribution is -0.200. The zero-order valence-corrected chi connectivity index (χ0v) is 21.5. The fraction of sp³-hybridized carbons (Fsp3) is 0.720. The number of likely N-dealkylation sites (tertiary alicyclic amines) is 2. The molecule has 1 spiro atoms. The summed E-state index contributed by atoms with van der Waals surface area (Å²) in [6, 6.07) is 5.98. The minimum absolute atomic E-state index is 0.0802. The van der Waals surface area contributed by atoms with Gasteiger partial charge in [0.1, 0.15) is 6.67 Å². The zero-order valence-electron chi connectivity index (χ0n) is 20.7. The van der Waals surface area contributed by atoms with Crippen LogP contribution in [0.25, 0.3) is 0 Å². The standard InChI is InChI=1S/C25H35ClF4N4O2/c1-19(25(28,29)30)36-23(35)33-10-6-24(7-11-33)5-2-9-34(24)18-20-3-4-21(26)17-22(20)32-15-13-31(12-8-27)14-16-32/h3-4,17,19H,2,5-16,18H2,1H3. The number of carbonyl (C=O) groups is 1. The SMILES string of the molecule is CC(OC(=O)N1CCC2(CCCN2Cc2ccc(Cl)cc2N2CCN(CCF)CC2)CC1)C(F)(F)F. The van der Waals surface area contributed by atoms with Crippen LogP contribution in [0.15, 0.2) is 18.2 Å². The van der Waals surface area contributed by atoms with Crippen molar-refractivity contribution in [1.29, 1.82) is 0 Å². The summed E-state index contributed by atoms with van der Waals surface area (Å²) in [5.41, 5.74) is 2.20. The summed E-state index contributed by atoms with van der Waals surface area (Å²) in [5, 5.41) is 0.677. The first-order valence-corrected chi connectivity index (χ1v) is 13.1. The van der Waals surface area contributed by atoms with Crippen LogP contribution >= 0.6 is 11.6 Å². The van der Waals surface area contributed by atoms with Crippen LogP contribution in [-0.2, 0) is 11.3 Å². The Kier molecular flexibility index (Phi) is 8.56. The molecule has 3 aliphatic heterocycles. The Morgan fingerprint density at radius 1 is 1.08 bits per heavy atom. The van der Waals surface area contributed by atoms with E-state index in [1.54, 1.807) is 0 Å². The number of piperazine rings is 1. The molecule has 0 saturated carbocycles. The highest BCUT2D eigenvalue weighted by atomic mass is 35.5. The van der Waals surface area contributed by atoms with Crippen LogP contribution < -0.4 is 4.90 Å². The highest BCUT2D eigenvalue weighted by Crippen LogP contribution is 2.41. The Morgan fingerprint density at radius 2 is 1.78 bits per heavy atom. The van der Waals surface area contributed by atoms with Crippen LogP contribution in [0.1, 0.15) is 38.2 Å². The van der Waals surface area contributed by atoms with Crippen LogP contribution in [0.4, 0.5) is 28.0 Å². The summed E-state index contributed by atoms with van der Waals surface area (Å²) < 4.78 is 55.8. The molecule has 0 aliphatic carbocycles. The van der Waals surface area contributed by atoms with E-state index in [4.69, 9.17) is 11.6 Å². The molecule has 11 heteroatoms. The number of ether oxygens (including phenoxy) is 1. The van der Waals surface area contributed by atoms with E-state index in [9.17, 15) is 22.4 Å². The molecule has 0 bridgehead atoms. The molecule has 6 nitrogen and oxygen atoms in total. The van der Waals surface area contributed by atoms with Crippen molar-refractivity contribution in [3.63, 3.8) is 0 Å². The molecule has 1 aromatic carbocycles. The lowest BCUT2D eigenvalue weighted by Gasteiger charge is -2.45. The molecular formula is C25H35ClF4N4O2. The fourth-order valence-electron chi connectivity index (χ4n) is 5.71. The molecule has 1 unspecified atom stereocenters.